The molecule has 0 aromatic carbocycles. The van der Waals surface area contributed by atoms with Gasteiger partial charge in [0, 0.05) is 57.7 Å². The topological polar surface area (TPSA) is 53.0 Å². The Hall–Kier alpha value is -1.34. The third-order valence-electron chi connectivity index (χ3n) is 6.66. The first-order valence-electron chi connectivity index (χ1n) is 12.2. The number of nitrogens with one attached hydrogen (secondary N) is 1. The van der Waals surface area contributed by atoms with Crippen LogP contribution in [0.15, 0.2) is 10.4 Å². The van der Waals surface area contributed by atoms with Gasteiger partial charge >= 0.3 is 0 Å². The van der Waals surface area contributed by atoms with Crippen LogP contribution in [0.1, 0.15) is 64.0 Å². The Morgan fingerprint density at radius 3 is 2.63 bits per heavy atom. The average molecular weight is 434 g/mol. The van der Waals surface area contributed by atoms with E-state index in [1.807, 2.05) is 0 Å². The highest BCUT2D eigenvalue weighted by atomic mass is 32.1. The van der Waals surface area contributed by atoms with Crippen molar-refractivity contribution in [2.75, 3.05) is 50.8 Å². The van der Waals surface area contributed by atoms with Crippen LogP contribution >= 0.6 is 11.3 Å². The molecule has 0 spiro atoms. The molecule has 4 rings (SSSR count). The van der Waals surface area contributed by atoms with Crippen LogP contribution in [0.5, 0.6) is 0 Å². The molecule has 1 aromatic heterocycles. The van der Waals surface area contributed by atoms with Crippen LogP contribution in [-0.4, -0.2) is 67.8 Å². The molecule has 3 heterocycles. The number of ether oxygens (including phenoxy) is 1. The number of aromatic nitrogens is 1. The number of thiazole rings is 1. The van der Waals surface area contributed by atoms with Crippen molar-refractivity contribution in [3.63, 3.8) is 0 Å². The lowest BCUT2D eigenvalue weighted by molar-refractivity contribution is 0.00102. The van der Waals surface area contributed by atoms with Gasteiger partial charge in [-0.1, -0.05) is 12.8 Å². The molecule has 1 N–H and O–H groups in total. The molecule has 1 aliphatic carbocycles. The van der Waals surface area contributed by atoms with Gasteiger partial charge in [-0.2, -0.15) is 0 Å². The third kappa shape index (κ3) is 6.10. The van der Waals surface area contributed by atoms with E-state index in [1.165, 1.54) is 49.4 Å². The molecule has 0 unspecified atom stereocenters. The molecule has 1 aromatic rings. The normalized spacial score (nSPS) is 21.7. The summed E-state index contributed by atoms with van der Waals surface area (Å²) < 4.78 is 6.24. The number of aliphatic imine (C=N–C) groups is 1. The molecular formula is C23H39N5OS. The maximum Gasteiger partial charge on any atom is 0.193 e. The smallest absolute Gasteiger partial charge is 0.193 e. The lowest BCUT2D eigenvalue weighted by atomic mass is 10.1. The summed E-state index contributed by atoms with van der Waals surface area (Å²) in [4.78, 5) is 14.6. The molecule has 2 saturated heterocycles. The van der Waals surface area contributed by atoms with Crippen molar-refractivity contribution >= 4 is 22.4 Å². The summed E-state index contributed by atoms with van der Waals surface area (Å²) in [5, 5.41) is 6.89. The van der Waals surface area contributed by atoms with E-state index in [1.54, 1.807) is 11.3 Å². The fourth-order valence-corrected chi connectivity index (χ4v) is 5.76. The number of guanidine groups is 1. The third-order valence-corrected chi connectivity index (χ3v) is 7.61. The first-order valence-corrected chi connectivity index (χ1v) is 13.0. The quantitative estimate of drug-likeness (QED) is 0.497. The van der Waals surface area contributed by atoms with E-state index >= 15 is 0 Å². The number of piperidine rings is 1. The minimum Gasteiger partial charge on any atom is -0.378 e. The Labute approximate surface area is 186 Å². The molecule has 0 bridgehead atoms. The summed E-state index contributed by atoms with van der Waals surface area (Å²) in [6, 6.07) is 0. The van der Waals surface area contributed by atoms with Crippen molar-refractivity contribution in [1.29, 1.82) is 0 Å². The van der Waals surface area contributed by atoms with Gasteiger partial charge in [-0.3, -0.25) is 4.99 Å². The summed E-state index contributed by atoms with van der Waals surface area (Å²) in [5.74, 6) is 1.88. The van der Waals surface area contributed by atoms with Crippen LogP contribution in [0.25, 0.3) is 0 Å². The lowest BCUT2D eigenvalue weighted by Crippen LogP contribution is -2.47. The SMILES string of the molecule is CCNC(=NCCc1csc(N2CCCC2)n1)N1CCC(OCC2CCCC2)CC1. The maximum atomic E-state index is 6.24. The van der Waals surface area contributed by atoms with Gasteiger partial charge in [0.15, 0.2) is 11.1 Å². The largest absolute Gasteiger partial charge is 0.378 e. The highest BCUT2D eigenvalue weighted by Crippen LogP contribution is 2.26. The molecule has 0 radical (unpaired) electrons. The predicted molar refractivity (Wildman–Crippen MR) is 126 cm³/mol. The fourth-order valence-electron chi connectivity index (χ4n) is 4.85. The van der Waals surface area contributed by atoms with Crippen LogP contribution in [0, 0.1) is 5.92 Å². The number of rotatable bonds is 8. The molecule has 0 amide bonds. The van der Waals surface area contributed by atoms with Gasteiger partial charge in [0.25, 0.3) is 0 Å². The van der Waals surface area contributed by atoms with Crippen LogP contribution in [-0.2, 0) is 11.2 Å². The Morgan fingerprint density at radius 1 is 1.13 bits per heavy atom. The van der Waals surface area contributed by atoms with Gasteiger partial charge < -0.3 is 19.9 Å². The molecule has 6 nitrogen and oxygen atoms in total. The second-order valence-electron chi connectivity index (χ2n) is 8.97. The van der Waals surface area contributed by atoms with Crippen LogP contribution < -0.4 is 10.2 Å². The number of nitrogens with zero attached hydrogens (tertiary/aromatic N) is 4. The van der Waals surface area contributed by atoms with Gasteiger partial charge in [-0.15, -0.1) is 11.3 Å². The van der Waals surface area contributed by atoms with E-state index in [0.717, 1.165) is 77.0 Å². The summed E-state index contributed by atoms with van der Waals surface area (Å²) in [7, 11) is 0. The van der Waals surface area contributed by atoms with Gasteiger partial charge in [0.2, 0.25) is 0 Å². The fraction of sp³-hybridized carbons (Fsp3) is 0.826. The van der Waals surface area contributed by atoms with Gasteiger partial charge in [0.05, 0.1) is 11.8 Å². The van der Waals surface area contributed by atoms with Crippen molar-refractivity contribution < 1.29 is 4.74 Å². The second-order valence-corrected chi connectivity index (χ2v) is 9.81. The van der Waals surface area contributed by atoms with Crippen LogP contribution in [0.3, 0.4) is 0 Å². The first kappa shape index (κ1) is 21.9. The highest BCUT2D eigenvalue weighted by Gasteiger charge is 2.24. The molecular weight excluding hydrogens is 394 g/mol. The lowest BCUT2D eigenvalue weighted by Gasteiger charge is -2.34. The zero-order valence-corrected chi connectivity index (χ0v) is 19.5. The van der Waals surface area contributed by atoms with E-state index in [0.29, 0.717) is 6.10 Å². The zero-order chi connectivity index (χ0) is 20.6. The Kier molecular flexibility index (Phi) is 8.26. The molecule has 3 fully saturated rings. The van der Waals surface area contributed by atoms with E-state index in [2.05, 4.69) is 27.4 Å². The van der Waals surface area contributed by atoms with Crippen molar-refractivity contribution in [1.82, 2.24) is 15.2 Å². The second kappa shape index (κ2) is 11.3. The molecule has 168 valence electrons. The first-order chi connectivity index (χ1) is 14.8. The van der Waals surface area contributed by atoms with Crippen molar-refractivity contribution in [2.45, 2.75) is 70.8 Å². The van der Waals surface area contributed by atoms with E-state index in [-0.39, 0.29) is 0 Å². The summed E-state index contributed by atoms with van der Waals surface area (Å²) in [6.07, 6.45) is 11.7. The number of hydrogen-bond acceptors (Lipinski definition) is 5. The minimum atomic E-state index is 0.434. The predicted octanol–water partition coefficient (Wildman–Crippen LogP) is 3.92. The average Bonchev–Trinajstić information content (AvgIpc) is 3.55. The maximum absolute atomic E-state index is 6.24. The Balaban J connectivity index is 1.21. The van der Waals surface area contributed by atoms with E-state index in [4.69, 9.17) is 14.7 Å². The molecule has 0 atom stereocenters. The highest BCUT2D eigenvalue weighted by molar-refractivity contribution is 7.13. The van der Waals surface area contributed by atoms with E-state index in [9.17, 15) is 0 Å². The van der Waals surface area contributed by atoms with Crippen molar-refractivity contribution in [3.8, 4) is 0 Å². The number of likely N-dealkylation sites (tertiary alicyclic amines) is 1. The molecule has 2 aliphatic heterocycles. The Morgan fingerprint density at radius 2 is 1.90 bits per heavy atom. The monoisotopic (exact) mass is 433 g/mol. The van der Waals surface area contributed by atoms with Gasteiger partial charge in [-0.25, -0.2) is 4.98 Å². The number of hydrogen-bond donors (Lipinski definition) is 1. The summed E-state index contributed by atoms with van der Waals surface area (Å²) in [6.45, 7) is 9.23. The Bertz CT molecular complexity index is 658. The number of anilines is 1. The van der Waals surface area contributed by atoms with E-state index < -0.39 is 0 Å². The standard InChI is InChI=1S/C23H39N5OS/c1-2-24-22(25-12-9-20-18-30-23(26-20)28-13-5-6-14-28)27-15-10-21(11-16-27)29-17-19-7-3-4-8-19/h18-19,21H,2-17H2,1H3,(H,24,25). The molecule has 7 heteroatoms. The van der Waals surface area contributed by atoms with Crippen LogP contribution in [0.4, 0.5) is 5.13 Å². The van der Waals surface area contributed by atoms with Gasteiger partial charge in [-0.05, 0) is 51.4 Å². The minimum absolute atomic E-state index is 0.434. The zero-order valence-electron chi connectivity index (χ0n) is 18.7. The summed E-state index contributed by atoms with van der Waals surface area (Å²) in [5.41, 5.74) is 1.18. The van der Waals surface area contributed by atoms with Gasteiger partial charge in [0.1, 0.15) is 0 Å². The van der Waals surface area contributed by atoms with Crippen LogP contribution in [0.2, 0.25) is 0 Å². The molecule has 30 heavy (non-hydrogen) atoms. The van der Waals surface area contributed by atoms with Crippen molar-refractivity contribution in [3.05, 3.63) is 11.1 Å². The molecule has 3 aliphatic rings. The molecule has 1 saturated carbocycles. The summed E-state index contributed by atoms with van der Waals surface area (Å²) >= 11 is 1.78. The van der Waals surface area contributed by atoms with Crippen molar-refractivity contribution in [2.24, 2.45) is 10.9 Å².